The molecule has 0 amide bonds. The molecule has 0 aromatic rings. The highest BCUT2D eigenvalue weighted by Gasteiger charge is 2.27. The molecule has 10 heavy (non-hydrogen) atoms. The third-order valence-electron chi connectivity index (χ3n) is 1.80. The Labute approximate surface area is 62.5 Å². The Morgan fingerprint density at radius 3 is 2.60 bits per heavy atom. The quantitative estimate of drug-likeness (QED) is 0.560. The van der Waals surface area contributed by atoms with E-state index in [9.17, 15) is 0 Å². The van der Waals surface area contributed by atoms with Gasteiger partial charge in [-0.3, -0.25) is 0 Å². The molecule has 1 fully saturated rings. The Kier molecular flexibility index (Phi) is 2.32. The van der Waals surface area contributed by atoms with Crippen LogP contribution in [0.15, 0.2) is 0 Å². The zero-order valence-electron chi connectivity index (χ0n) is 7.02. The summed E-state index contributed by atoms with van der Waals surface area (Å²) in [5.74, 6) is -0.348. The Bertz CT molecular complexity index is 110. The Morgan fingerprint density at radius 1 is 1.50 bits per heavy atom. The second-order valence-corrected chi connectivity index (χ2v) is 3.19. The normalized spacial score (nSPS) is 32.1. The molecule has 0 N–H and O–H groups in total. The van der Waals surface area contributed by atoms with Gasteiger partial charge in [-0.1, -0.05) is 6.92 Å². The Morgan fingerprint density at radius 2 is 2.20 bits per heavy atom. The first-order valence-corrected chi connectivity index (χ1v) is 3.96. The second-order valence-electron chi connectivity index (χ2n) is 3.19. The first-order valence-electron chi connectivity index (χ1n) is 3.96. The van der Waals surface area contributed by atoms with E-state index in [0.717, 1.165) is 19.4 Å². The van der Waals surface area contributed by atoms with Crippen LogP contribution in [0.2, 0.25) is 0 Å². The SMILES string of the molecule is CCC1CCOC(C)(C)O1. The zero-order chi connectivity index (χ0) is 7.61. The summed E-state index contributed by atoms with van der Waals surface area (Å²) in [7, 11) is 0. The molecule has 0 aromatic heterocycles. The van der Waals surface area contributed by atoms with E-state index in [-0.39, 0.29) is 5.79 Å². The van der Waals surface area contributed by atoms with Crippen molar-refractivity contribution in [2.75, 3.05) is 6.61 Å². The van der Waals surface area contributed by atoms with Gasteiger partial charge in [-0.15, -0.1) is 0 Å². The fourth-order valence-electron chi connectivity index (χ4n) is 1.22. The molecule has 1 unspecified atom stereocenters. The predicted molar refractivity (Wildman–Crippen MR) is 39.8 cm³/mol. The molecule has 0 aromatic carbocycles. The highest BCUT2D eigenvalue weighted by molar-refractivity contribution is 4.67. The molecular formula is C8H16O2. The maximum atomic E-state index is 5.60. The van der Waals surface area contributed by atoms with Crippen LogP contribution >= 0.6 is 0 Å². The largest absolute Gasteiger partial charge is 0.350 e. The predicted octanol–water partition coefficient (Wildman–Crippen LogP) is 1.94. The summed E-state index contributed by atoms with van der Waals surface area (Å²) in [6.07, 6.45) is 2.54. The van der Waals surface area contributed by atoms with E-state index in [2.05, 4.69) is 6.92 Å². The summed E-state index contributed by atoms with van der Waals surface area (Å²) in [5, 5.41) is 0. The molecule has 1 aliphatic rings. The van der Waals surface area contributed by atoms with E-state index < -0.39 is 0 Å². The van der Waals surface area contributed by atoms with Crippen LogP contribution in [0.1, 0.15) is 33.6 Å². The molecule has 2 heteroatoms. The van der Waals surface area contributed by atoms with E-state index in [1.165, 1.54) is 0 Å². The van der Waals surface area contributed by atoms with E-state index in [4.69, 9.17) is 9.47 Å². The van der Waals surface area contributed by atoms with Crippen molar-refractivity contribution in [3.05, 3.63) is 0 Å². The molecule has 1 aliphatic heterocycles. The highest BCUT2D eigenvalue weighted by Crippen LogP contribution is 2.23. The fraction of sp³-hybridized carbons (Fsp3) is 1.00. The first-order chi connectivity index (χ1) is 4.64. The number of hydrogen-bond acceptors (Lipinski definition) is 2. The highest BCUT2D eigenvalue weighted by atomic mass is 16.7. The number of hydrogen-bond donors (Lipinski definition) is 0. The molecular weight excluding hydrogens is 128 g/mol. The molecule has 0 saturated carbocycles. The van der Waals surface area contributed by atoms with Crippen molar-refractivity contribution in [2.24, 2.45) is 0 Å². The summed E-state index contributed by atoms with van der Waals surface area (Å²) in [6, 6.07) is 0. The van der Waals surface area contributed by atoms with Crippen molar-refractivity contribution in [1.82, 2.24) is 0 Å². The lowest BCUT2D eigenvalue weighted by Gasteiger charge is -2.35. The van der Waals surface area contributed by atoms with Crippen LogP contribution in [0.5, 0.6) is 0 Å². The van der Waals surface area contributed by atoms with Gasteiger partial charge in [-0.05, 0) is 26.7 Å². The van der Waals surface area contributed by atoms with Gasteiger partial charge in [0.1, 0.15) is 0 Å². The summed E-state index contributed by atoms with van der Waals surface area (Å²) >= 11 is 0. The zero-order valence-corrected chi connectivity index (χ0v) is 7.02. The minimum Gasteiger partial charge on any atom is -0.350 e. The monoisotopic (exact) mass is 144 g/mol. The van der Waals surface area contributed by atoms with Crippen LogP contribution in [0.4, 0.5) is 0 Å². The fourth-order valence-corrected chi connectivity index (χ4v) is 1.22. The van der Waals surface area contributed by atoms with E-state index in [1.807, 2.05) is 13.8 Å². The summed E-state index contributed by atoms with van der Waals surface area (Å²) in [6.45, 7) is 6.92. The summed E-state index contributed by atoms with van der Waals surface area (Å²) in [4.78, 5) is 0. The van der Waals surface area contributed by atoms with Crippen molar-refractivity contribution >= 4 is 0 Å². The molecule has 0 bridgehead atoms. The molecule has 60 valence electrons. The maximum absolute atomic E-state index is 5.60. The van der Waals surface area contributed by atoms with Gasteiger partial charge in [-0.2, -0.15) is 0 Å². The molecule has 0 radical (unpaired) electrons. The van der Waals surface area contributed by atoms with Gasteiger partial charge in [0.15, 0.2) is 5.79 Å². The topological polar surface area (TPSA) is 18.5 Å². The van der Waals surface area contributed by atoms with Gasteiger partial charge >= 0.3 is 0 Å². The van der Waals surface area contributed by atoms with Gasteiger partial charge in [0.05, 0.1) is 12.7 Å². The third kappa shape index (κ3) is 1.96. The summed E-state index contributed by atoms with van der Waals surface area (Å²) in [5.41, 5.74) is 0. The van der Waals surface area contributed by atoms with Crippen molar-refractivity contribution in [3.63, 3.8) is 0 Å². The average Bonchev–Trinajstić information content (AvgIpc) is 1.86. The lowest BCUT2D eigenvalue weighted by atomic mass is 10.2. The van der Waals surface area contributed by atoms with Crippen LogP contribution in [-0.4, -0.2) is 18.5 Å². The standard InChI is InChI=1S/C8H16O2/c1-4-7-5-6-9-8(2,3)10-7/h7H,4-6H2,1-3H3. The molecule has 1 heterocycles. The number of ether oxygens (including phenoxy) is 2. The molecule has 2 nitrogen and oxygen atoms in total. The molecule has 1 atom stereocenters. The smallest absolute Gasteiger partial charge is 0.163 e. The van der Waals surface area contributed by atoms with Crippen LogP contribution in [0.3, 0.4) is 0 Å². The van der Waals surface area contributed by atoms with Crippen molar-refractivity contribution in [3.8, 4) is 0 Å². The second kappa shape index (κ2) is 2.89. The van der Waals surface area contributed by atoms with Crippen molar-refractivity contribution < 1.29 is 9.47 Å². The minimum atomic E-state index is -0.348. The van der Waals surface area contributed by atoms with E-state index in [1.54, 1.807) is 0 Å². The van der Waals surface area contributed by atoms with E-state index >= 15 is 0 Å². The Hall–Kier alpha value is -0.0800. The maximum Gasteiger partial charge on any atom is 0.163 e. The first kappa shape index (κ1) is 8.02. The third-order valence-corrected chi connectivity index (χ3v) is 1.80. The lowest BCUT2D eigenvalue weighted by molar-refractivity contribution is -0.273. The van der Waals surface area contributed by atoms with Gasteiger partial charge in [0, 0.05) is 0 Å². The van der Waals surface area contributed by atoms with Crippen LogP contribution < -0.4 is 0 Å². The lowest BCUT2D eigenvalue weighted by Crippen LogP contribution is -2.39. The van der Waals surface area contributed by atoms with Gasteiger partial charge < -0.3 is 9.47 Å². The van der Waals surface area contributed by atoms with Crippen molar-refractivity contribution in [1.29, 1.82) is 0 Å². The summed E-state index contributed by atoms with van der Waals surface area (Å²) < 4.78 is 11.0. The minimum absolute atomic E-state index is 0.348. The van der Waals surface area contributed by atoms with Gasteiger partial charge in [0.2, 0.25) is 0 Å². The average molecular weight is 144 g/mol. The van der Waals surface area contributed by atoms with Gasteiger partial charge in [0.25, 0.3) is 0 Å². The molecule has 0 aliphatic carbocycles. The van der Waals surface area contributed by atoms with Crippen LogP contribution in [0, 0.1) is 0 Å². The molecule has 1 saturated heterocycles. The van der Waals surface area contributed by atoms with Crippen LogP contribution in [0.25, 0.3) is 0 Å². The number of rotatable bonds is 1. The van der Waals surface area contributed by atoms with Gasteiger partial charge in [-0.25, -0.2) is 0 Å². The van der Waals surface area contributed by atoms with Crippen LogP contribution in [-0.2, 0) is 9.47 Å². The van der Waals surface area contributed by atoms with E-state index in [0.29, 0.717) is 6.10 Å². The molecule has 1 rings (SSSR count). The van der Waals surface area contributed by atoms with Crippen molar-refractivity contribution in [2.45, 2.75) is 45.5 Å². The Balaban J connectivity index is 2.40. The molecule has 0 spiro atoms.